The van der Waals surface area contributed by atoms with E-state index in [9.17, 15) is 0 Å². The van der Waals surface area contributed by atoms with E-state index in [-0.39, 0.29) is 0 Å². The summed E-state index contributed by atoms with van der Waals surface area (Å²) in [6.45, 7) is 4.87. The molecule has 2 aromatic carbocycles. The first-order chi connectivity index (χ1) is 13.7. The van der Waals surface area contributed by atoms with Gasteiger partial charge in [-0.2, -0.15) is 0 Å². The number of rotatable bonds is 15. The third-order valence-corrected chi connectivity index (χ3v) is 5.16. The Morgan fingerprint density at radius 2 is 1.61 bits per heavy atom. The van der Waals surface area contributed by atoms with Crippen molar-refractivity contribution in [2.45, 2.75) is 58.4 Å². The molecule has 0 aromatic heterocycles. The monoisotopic (exact) mass is 407 g/mol. The third kappa shape index (κ3) is 8.42. The zero-order valence-electron chi connectivity index (χ0n) is 16.9. The SMILES string of the molecule is CCCCCCCCOc1ccc(CNCCCOP(O)O)c2ccccc12. The van der Waals surface area contributed by atoms with Gasteiger partial charge in [0.2, 0.25) is 0 Å². The quantitative estimate of drug-likeness (QED) is 0.277. The zero-order chi connectivity index (χ0) is 20.0. The number of hydrogen-bond acceptors (Lipinski definition) is 5. The normalized spacial score (nSPS) is 11.4. The fourth-order valence-corrected chi connectivity index (χ4v) is 3.54. The van der Waals surface area contributed by atoms with Crippen molar-refractivity contribution < 1.29 is 19.0 Å². The Morgan fingerprint density at radius 1 is 0.857 bits per heavy atom. The summed E-state index contributed by atoms with van der Waals surface area (Å²) in [5.74, 6) is 0.959. The zero-order valence-corrected chi connectivity index (χ0v) is 17.8. The summed E-state index contributed by atoms with van der Waals surface area (Å²) in [6.07, 6.45) is 8.31. The van der Waals surface area contributed by atoms with E-state index in [0.717, 1.165) is 43.7 Å². The average Bonchev–Trinajstić information content (AvgIpc) is 2.70. The fourth-order valence-electron chi connectivity index (χ4n) is 3.24. The van der Waals surface area contributed by atoms with Crippen LogP contribution in [0.1, 0.15) is 57.4 Å². The summed E-state index contributed by atoms with van der Waals surface area (Å²) in [5.41, 5.74) is 1.23. The van der Waals surface area contributed by atoms with Crippen LogP contribution in [-0.4, -0.2) is 29.5 Å². The minimum atomic E-state index is -2.25. The van der Waals surface area contributed by atoms with E-state index < -0.39 is 8.60 Å². The van der Waals surface area contributed by atoms with Crippen molar-refractivity contribution in [2.24, 2.45) is 0 Å². The van der Waals surface area contributed by atoms with Gasteiger partial charge in [0.15, 0.2) is 0 Å². The molecular weight excluding hydrogens is 373 g/mol. The molecule has 0 aliphatic rings. The average molecular weight is 407 g/mol. The molecule has 0 saturated carbocycles. The van der Waals surface area contributed by atoms with Gasteiger partial charge in [-0.25, -0.2) is 0 Å². The van der Waals surface area contributed by atoms with E-state index in [4.69, 9.17) is 19.0 Å². The van der Waals surface area contributed by atoms with Crippen molar-refractivity contribution in [1.29, 1.82) is 0 Å². The molecule has 0 amide bonds. The number of hydrogen-bond donors (Lipinski definition) is 3. The molecule has 3 N–H and O–H groups in total. The summed E-state index contributed by atoms with van der Waals surface area (Å²) >= 11 is 0. The van der Waals surface area contributed by atoms with Gasteiger partial charge in [-0.15, -0.1) is 0 Å². The number of benzene rings is 2. The van der Waals surface area contributed by atoms with Crippen LogP contribution >= 0.6 is 8.60 Å². The minimum Gasteiger partial charge on any atom is -0.493 e. The molecule has 0 bridgehead atoms. The van der Waals surface area contributed by atoms with E-state index in [0.29, 0.717) is 6.61 Å². The Hall–Kier alpha value is -1.23. The first-order valence-electron chi connectivity index (χ1n) is 10.4. The number of fused-ring (bicyclic) bond motifs is 1. The van der Waals surface area contributed by atoms with Gasteiger partial charge in [-0.3, -0.25) is 0 Å². The maximum Gasteiger partial charge on any atom is 0.327 e. The summed E-state index contributed by atoms with van der Waals surface area (Å²) in [6, 6.07) is 12.6. The van der Waals surface area contributed by atoms with Crippen molar-refractivity contribution in [3.63, 3.8) is 0 Å². The smallest absolute Gasteiger partial charge is 0.327 e. The molecule has 28 heavy (non-hydrogen) atoms. The fraction of sp³-hybridized carbons (Fsp3) is 0.545. The summed E-state index contributed by atoms with van der Waals surface area (Å²) in [4.78, 5) is 17.4. The highest BCUT2D eigenvalue weighted by Crippen LogP contribution is 2.29. The maximum atomic E-state index is 8.72. The summed E-state index contributed by atoms with van der Waals surface area (Å²) in [5, 5.41) is 5.75. The standard InChI is InChI=1S/C22H34NO4P/c1-2-3-4-5-6-9-16-26-22-14-13-19(20-11-7-8-12-21(20)22)18-23-15-10-17-27-28(24)25/h7-8,11-14,23-25H,2-6,9-10,15-18H2,1H3. The van der Waals surface area contributed by atoms with Crippen LogP contribution in [0.5, 0.6) is 5.75 Å². The second kappa shape index (κ2) is 13.9. The van der Waals surface area contributed by atoms with Crippen molar-refractivity contribution in [3.05, 3.63) is 42.0 Å². The molecule has 2 rings (SSSR count). The highest BCUT2D eigenvalue weighted by molar-refractivity contribution is 7.39. The molecule has 0 spiro atoms. The predicted molar refractivity (Wildman–Crippen MR) is 116 cm³/mol. The Balaban J connectivity index is 1.82. The molecule has 6 heteroatoms. The van der Waals surface area contributed by atoms with Crippen molar-refractivity contribution in [1.82, 2.24) is 5.32 Å². The van der Waals surface area contributed by atoms with E-state index in [2.05, 4.69) is 48.6 Å². The molecular formula is C22H34NO4P. The molecule has 0 aliphatic heterocycles. The first kappa shape index (κ1) is 23.1. The molecule has 0 aliphatic carbocycles. The summed E-state index contributed by atoms with van der Waals surface area (Å²) < 4.78 is 10.9. The van der Waals surface area contributed by atoms with Gasteiger partial charge in [-0.05, 0) is 36.4 Å². The van der Waals surface area contributed by atoms with Gasteiger partial charge in [-0.1, -0.05) is 69.4 Å². The second-order valence-electron chi connectivity index (χ2n) is 7.00. The second-order valence-corrected chi connectivity index (χ2v) is 7.76. The van der Waals surface area contributed by atoms with Crippen LogP contribution in [0.2, 0.25) is 0 Å². The largest absolute Gasteiger partial charge is 0.493 e. The Morgan fingerprint density at radius 3 is 2.39 bits per heavy atom. The lowest BCUT2D eigenvalue weighted by molar-refractivity contribution is 0.250. The Kier molecular flexibility index (Phi) is 11.4. The summed E-state index contributed by atoms with van der Waals surface area (Å²) in [7, 11) is -2.25. The number of unbranched alkanes of at least 4 members (excludes halogenated alkanes) is 5. The molecule has 0 heterocycles. The van der Waals surface area contributed by atoms with Crippen molar-refractivity contribution in [3.8, 4) is 5.75 Å². The predicted octanol–water partition coefficient (Wildman–Crippen LogP) is 5.29. The molecule has 5 nitrogen and oxygen atoms in total. The molecule has 0 atom stereocenters. The molecule has 0 unspecified atom stereocenters. The van der Waals surface area contributed by atoms with Crippen LogP contribution in [0.25, 0.3) is 10.8 Å². The van der Waals surface area contributed by atoms with Crippen LogP contribution in [-0.2, 0) is 11.1 Å². The first-order valence-corrected chi connectivity index (χ1v) is 11.5. The van der Waals surface area contributed by atoms with Gasteiger partial charge >= 0.3 is 8.60 Å². The van der Waals surface area contributed by atoms with Gasteiger partial charge < -0.3 is 24.4 Å². The van der Waals surface area contributed by atoms with Crippen LogP contribution in [0.15, 0.2) is 36.4 Å². The van der Waals surface area contributed by atoms with Crippen molar-refractivity contribution >= 4 is 19.4 Å². The number of nitrogens with one attached hydrogen (secondary N) is 1. The van der Waals surface area contributed by atoms with E-state index in [1.54, 1.807) is 0 Å². The van der Waals surface area contributed by atoms with Gasteiger partial charge in [0.05, 0.1) is 13.2 Å². The Labute approximate surface area is 170 Å². The van der Waals surface area contributed by atoms with Crippen LogP contribution in [0.3, 0.4) is 0 Å². The van der Waals surface area contributed by atoms with Gasteiger partial charge in [0.1, 0.15) is 5.75 Å². The molecule has 2 aromatic rings. The Bertz CT molecular complexity index is 681. The lowest BCUT2D eigenvalue weighted by Gasteiger charge is -2.13. The van der Waals surface area contributed by atoms with Crippen LogP contribution < -0.4 is 10.1 Å². The maximum absolute atomic E-state index is 8.72. The van der Waals surface area contributed by atoms with E-state index in [1.165, 1.54) is 43.1 Å². The van der Waals surface area contributed by atoms with Gasteiger partial charge in [0, 0.05) is 11.9 Å². The molecule has 0 fully saturated rings. The highest BCUT2D eigenvalue weighted by Gasteiger charge is 2.07. The highest BCUT2D eigenvalue weighted by atomic mass is 31.2. The lowest BCUT2D eigenvalue weighted by atomic mass is 10.0. The van der Waals surface area contributed by atoms with E-state index in [1.807, 2.05) is 0 Å². The van der Waals surface area contributed by atoms with Crippen molar-refractivity contribution in [2.75, 3.05) is 19.8 Å². The molecule has 156 valence electrons. The van der Waals surface area contributed by atoms with Crippen LogP contribution in [0.4, 0.5) is 0 Å². The topological polar surface area (TPSA) is 71.0 Å². The molecule has 0 saturated heterocycles. The molecule has 0 radical (unpaired) electrons. The minimum absolute atomic E-state index is 0.345. The van der Waals surface area contributed by atoms with Gasteiger partial charge in [0.25, 0.3) is 0 Å². The number of ether oxygens (including phenoxy) is 1. The lowest BCUT2D eigenvalue weighted by Crippen LogP contribution is -2.16. The van der Waals surface area contributed by atoms with Crippen LogP contribution in [0, 0.1) is 0 Å². The third-order valence-electron chi connectivity index (χ3n) is 4.75. The van der Waals surface area contributed by atoms with E-state index >= 15 is 0 Å².